The molecule has 7 heteroatoms. The van der Waals surface area contributed by atoms with Crippen LogP contribution in [0.4, 0.5) is 4.79 Å². The van der Waals surface area contributed by atoms with Crippen molar-refractivity contribution in [1.82, 2.24) is 0 Å². The minimum atomic E-state index is -1.83. The van der Waals surface area contributed by atoms with Gasteiger partial charge in [-0.05, 0) is 17.7 Å². The van der Waals surface area contributed by atoms with Crippen LogP contribution in [-0.2, 0) is 0 Å². The third-order valence-corrected chi connectivity index (χ3v) is 3.00. The van der Waals surface area contributed by atoms with Gasteiger partial charge in [-0.1, -0.05) is 30.3 Å². The number of benzene rings is 2. The first-order valence-corrected chi connectivity index (χ1v) is 6.81. The van der Waals surface area contributed by atoms with E-state index in [1.807, 2.05) is 6.07 Å². The molecule has 0 fully saturated rings. The first-order valence-electron chi connectivity index (χ1n) is 6.81. The van der Waals surface area contributed by atoms with Crippen LogP contribution in [0, 0.1) is 0 Å². The molecule has 7 nitrogen and oxygen atoms in total. The average molecular weight is 334 g/mol. The fourth-order valence-corrected chi connectivity index (χ4v) is 1.90. The second kappa shape index (κ2) is 9.16. The van der Waals surface area contributed by atoms with Crippen LogP contribution in [0.5, 0.6) is 11.5 Å². The molecule has 1 unspecified atom stereocenters. The van der Waals surface area contributed by atoms with Crippen molar-refractivity contribution in [3.8, 4) is 11.5 Å². The van der Waals surface area contributed by atoms with Crippen LogP contribution < -0.4 is 9.47 Å². The Balaban J connectivity index is 0.000000648. The molecule has 0 spiro atoms. The van der Waals surface area contributed by atoms with Crippen LogP contribution in [-0.4, -0.2) is 41.5 Å². The zero-order valence-electron chi connectivity index (χ0n) is 13.2. The molecule has 0 aliphatic rings. The van der Waals surface area contributed by atoms with Gasteiger partial charge in [0.1, 0.15) is 17.6 Å². The molecule has 0 heterocycles. The summed E-state index contributed by atoms with van der Waals surface area (Å²) in [5.41, 5.74) is 0.900. The van der Waals surface area contributed by atoms with Gasteiger partial charge < -0.3 is 24.8 Å². The number of carbonyl (C=O) groups is 2. The summed E-state index contributed by atoms with van der Waals surface area (Å²) in [7, 11) is 3.04. The predicted octanol–water partition coefficient (Wildman–Crippen LogP) is 2.84. The van der Waals surface area contributed by atoms with Crippen LogP contribution in [0.15, 0.2) is 48.5 Å². The minimum absolute atomic E-state index is 0.360. The normalized spacial score (nSPS) is 10.8. The second-order valence-electron chi connectivity index (χ2n) is 4.56. The lowest BCUT2D eigenvalue weighted by Gasteiger charge is -2.13. The zero-order chi connectivity index (χ0) is 18.1. The fourth-order valence-electron chi connectivity index (χ4n) is 1.90. The van der Waals surface area contributed by atoms with Gasteiger partial charge in [0.05, 0.1) is 14.2 Å². The van der Waals surface area contributed by atoms with E-state index in [2.05, 4.69) is 0 Å². The van der Waals surface area contributed by atoms with E-state index < -0.39 is 12.3 Å². The molecule has 0 bridgehead atoms. The molecule has 0 radical (unpaired) electrons. The maximum atomic E-state index is 12.2. The van der Waals surface area contributed by atoms with Crippen molar-refractivity contribution < 1.29 is 34.4 Å². The van der Waals surface area contributed by atoms with Gasteiger partial charge >= 0.3 is 6.16 Å². The number of carboxylic acid groups (broad SMARTS) is 2. The van der Waals surface area contributed by atoms with E-state index in [4.69, 9.17) is 24.5 Å². The first-order chi connectivity index (χ1) is 11.4. The lowest BCUT2D eigenvalue weighted by atomic mass is 9.99. The Hall–Kier alpha value is -3.06. The number of aliphatic hydroxyl groups is 1. The number of rotatable bonds is 5. The molecule has 2 aromatic rings. The molecule has 2 aromatic carbocycles. The summed E-state index contributed by atoms with van der Waals surface area (Å²) in [6.07, 6.45) is -3.08. The number of methoxy groups -OCH3 is 2. The van der Waals surface area contributed by atoms with Crippen LogP contribution >= 0.6 is 0 Å². The SMILES string of the molecule is COc1cc(OC)cc(C(O)C(=O)c2ccccc2)c1.O=C(O)O. The van der Waals surface area contributed by atoms with Crippen molar-refractivity contribution in [2.75, 3.05) is 14.2 Å². The Morgan fingerprint density at radius 3 is 1.79 bits per heavy atom. The van der Waals surface area contributed by atoms with Gasteiger partial charge in [-0.3, -0.25) is 4.79 Å². The summed E-state index contributed by atoms with van der Waals surface area (Å²) >= 11 is 0. The van der Waals surface area contributed by atoms with Gasteiger partial charge in [-0.15, -0.1) is 0 Å². The number of ketones is 1. The third-order valence-electron chi connectivity index (χ3n) is 3.00. The van der Waals surface area contributed by atoms with Gasteiger partial charge in [-0.25, -0.2) is 4.79 Å². The van der Waals surface area contributed by atoms with E-state index in [1.165, 1.54) is 14.2 Å². The summed E-state index contributed by atoms with van der Waals surface area (Å²) < 4.78 is 10.3. The van der Waals surface area contributed by atoms with E-state index >= 15 is 0 Å². The van der Waals surface area contributed by atoms with Crippen molar-refractivity contribution in [2.24, 2.45) is 0 Å². The number of carbonyl (C=O) groups excluding carboxylic acids is 1. The number of Topliss-reactive ketones (excluding diaryl/α,β-unsaturated/α-hetero) is 1. The first kappa shape index (κ1) is 19.0. The maximum absolute atomic E-state index is 12.2. The topological polar surface area (TPSA) is 113 Å². The van der Waals surface area contributed by atoms with Crippen LogP contribution in [0.3, 0.4) is 0 Å². The smallest absolute Gasteiger partial charge is 0.497 e. The van der Waals surface area contributed by atoms with E-state index in [-0.39, 0.29) is 5.78 Å². The van der Waals surface area contributed by atoms with Gasteiger partial charge in [0.25, 0.3) is 0 Å². The molecule has 0 aromatic heterocycles. The number of hydrogen-bond donors (Lipinski definition) is 3. The molecule has 0 saturated carbocycles. The van der Waals surface area contributed by atoms with Crippen LogP contribution in [0.2, 0.25) is 0 Å². The maximum Gasteiger partial charge on any atom is 0.503 e. The Morgan fingerprint density at radius 1 is 0.917 bits per heavy atom. The minimum Gasteiger partial charge on any atom is -0.497 e. The average Bonchev–Trinajstić information content (AvgIpc) is 2.60. The predicted molar refractivity (Wildman–Crippen MR) is 85.9 cm³/mol. The van der Waals surface area contributed by atoms with Crippen molar-refractivity contribution in [3.63, 3.8) is 0 Å². The fraction of sp³-hybridized carbons (Fsp3) is 0.176. The van der Waals surface area contributed by atoms with E-state index in [1.54, 1.807) is 42.5 Å². The summed E-state index contributed by atoms with van der Waals surface area (Å²) in [5, 5.41) is 24.2. The summed E-state index contributed by atoms with van der Waals surface area (Å²) in [5.74, 6) is 0.694. The second-order valence-corrected chi connectivity index (χ2v) is 4.56. The van der Waals surface area contributed by atoms with Gasteiger partial charge in [0, 0.05) is 11.6 Å². The molecule has 24 heavy (non-hydrogen) atoms. The summed E-state index contributed by atoms with van der Waals surface area (Å²) in [4.78, 5) is 20.8. The molecule has 0 aliphatic heterocycles. The van der Waals surface area contributed by atoms with Crippen molar-refractivity contribution in [1.29, 1.82) is 0 Å². The highest BCUT2D eigenvalue weighted by molar-refractivity contribution is 5.99. The Kier molecular flexibility index (Phi) is 7.25. The van der Waals surface area contributed by atoms with Gasteiger partial charge in [-0.2, -0.15) is 0 Å². The molecule has 0 saturated heterocycles. The van der Waals surface area contributed by atoms with E-state index in [0.717, 1.165) is 0 Å². The van der Waals surface area contributed by atoms with Crippen molar-refractivity contribution in [3.05, 3.63) is 59.7 Å². The number of hydrogen-bond acceptors (Lipinski definition) is 5. The molecule has 2 rings (SSSR count). The number of ether oxygens (including phenoxy) is 2. The molecular formula is C17H18O7. The molecule has 128 valence electrons. The Morgan fingerprint density at radius 2 is 1.38 bits per heavy atom. The van der Waals surface area contributed by atoms with E-state index in [0.29, 0.717) is 22.6 Å². The number of aliphatic hydroxyl groups excluding tert-OH is 1. The molecule has 3 N–H and O–H groups in total. The van der Waals surface area contributed by atoms with Crippen molar-refractivity contribution >= 4 is 11.9 Å². The van der Waals surface area contributed by atoms with E-state index in [9.17, 15) is 9.90 Å². The Bertz CT molecular complexity index is 656. The largest absolute Gasteiger partial charge is 0.503 e. The quantitative estimate of drug-likeness (QED) is 0.720. The molecule has 0 aliphatic carbocycles. The Labute approximate surface area is 138 Å². The monoisotopic (exact) mass is 334 g/mol. The highest BCUT2D eigenvalue weighted by atomic mass is 16.6. The highest BCUT2D eigenvalue weighted by Gasteiger charge is 2.20. The lowest BCUT2D eigenvalue weighted by Crippen LogP contribution is -2.12. The summed E-state index contributed by atoms with van der Waals surface area (Å²) in [6.45, 7) is 0. The molecular weight excluding hydrogens is 316 g/mol. The highest BCUT2D eigenvalue weighted by Crippen LogP contribution is 2.28. The lowest BCUT2D eigenvalue weighted by molar-refractivity contribution is 0.0746. The third kappa shape index (κ3) is 5.62. The van der Waals surface area contributed by atoms with Crippen LogP contribution in [0.25, 0.3) is 0 Å². The van der Waals surface area contributed by atoms with Crippen LogP contribution in [0.1, 0.15) is 22.0 Å². The zero-order valence-corrected chi connectivity index (χ0v) is 13.2. The standard InChI is InChI=1S/C16H16O4.CH2O3/c1-19-13-8-12(9-14(10-13)20-2)16(18)15(17)11-6-4-3-5-7-11;2-1(3)4/h3-10,16,18H,1-2H3;(H2,2,3,4). The molecule has 1 atom stereocenters. The van der Waals surface area contributed by atoms with Gasteiger partial charge in [0.2, 0.25) is 0 Å². The molecule has 0 amide bonds. The summed E-state index contributed by atoms with van der Waals surface area (Å²) in [6, 6.07) is 13.6. The van der Waals surface area contributed by atoms with Gasteiger partial charge in [0.15, 0.2) is 5.78 Å². The van der Waals surface area contributed by atoms with Crippen molar-refractivity contribution in [2.45, 2.75) is 6.10 Å².